The summed E-state index contributed by atoms with van der Waals surface area (Å²) in [5.74, 6) is 0.691. The van der Waals surface area contributed by atoms with Gasteiger partial charge >= 0.3 is 0 Å². The Morgan fingerprint density at radius 2 is 1.90 bits per heavy atom. The molecule has 2 N–H and O–H groups in total. The van der Waals surface area contributed by atoms with Gasteiger partial charge in [0, 0.05) is 23.5 Å². The van der Waals surface area contributed by atoms with E-state index >= 15 is 0 Å². The number of nitrogens with zero attached hydrogens (tertiary/aromatic N) is 4. The third-order valence-electron chi connectivity index (χ3n) is 2.98. The second kappa shape index (κ2) is 5.53. The minimum absolute atomic E-state index is 0.217. The molecule has 114 valence electrons. The first-order valence-electron chi connectivity index (χ1n) is 6.60. The summed E-state index contributed by atoms with van der Waals surface area (Å²) in [6.07, 6.45) is 0. The molecule has 0 spiro atoms. The van der Waals surface area contributed by atoms with E-state index in [0.29, 0.717) is 12.4 Å². The fraction of sp³-hybridized carbons (Fsp3) is 0.462. The maximum Gasteiger partial charge on any atom is 0.273 e. The number of sulfonamides is 1. The van der Waals surface area contributed by atoms with E-state index in [-0.39, 0.29) is 11.1 Å². The molecule has 0 fully saturated rings. The standard InChI is InChI=1S/C13H19N5O2S/c1-8(2)7-18-12(16-17-13(18)21(14,19)20)11-6-5-9(3)15-10(11)4/h5-6,8H,7H2,1-4H3,(H2,14,19,20). The largest absolute Gasteiger partial charge is 0.296 e. The number of hydrogen-bond donors (Lipinski definition) is 1. The number of aromatic nitrogens is 4. The van der Waals surface area contributed by atoms with Crippen LogP contribution in [0.3, 0.4) is 0 Å². The van der Waals surface area contributed by atoms with Gasteiger partial charge in [-0.25, -0.2) is 13.6 Å². The summed E-state index contributed by atoms with van der Waals surface area (Å²) in [5.41, 5.74) is 2.41. The Hall–Kier alpha value is -1.80. The summed E-state index contributed by atoms with van der Waals surface area (Å²) in [7, 11) is -3.92. The van der Waals surface area contributed by atoms with Crippen molar-refractivity contribution in [3.63, 3.8) is 0 Å². The first-order chi connectivity index (χ1) is 9.70. The summed E-state index contributed by atoms with van der Waals surface area (Å²) < 4.78 is 24.9. The van der Waals surface area contributed by atoms with E-state index in [9.17, 15) is 8.42 Å². The topological polar surface area (TPSA) is 104 Å². The van der Waals surface area contributed by atoms with E-state index in [0.717, 1.165) is 17.0 Å². The van der Waals surface area contributed by atoms with Gasteiger partial charge in [-0.1, -0.05) is 13.8 Å². The zero-order valence-electron chi connectivity index (χ0n) is 12.5. The lowest BCUT2D eigenvalue weighted by molar-refractivity contribution is 0.486. The molecule has 2 aromatic rings. The number of pyridine rings is 1. The van der Waals surface area contributed by atoms with Crippen LogP contribution in [0.5, 0.6) is 0 Å². The zero-order valence-corrected chi connectivity index (χ0v) is 13.3. The van der Waals surface area contributed by atoms with Crippen molar-refractivity contribution in [1.82, 2.24) is 19.7 Å². The van der Waals surface area contributed by atoms with Crippen molar-refractivity contribution in [2.75, 3.05) is 0 Å². The van der Waals surface area contributed by atoms with Crippen LogP contribution < -0.4 is 5.14 Å². The van der Waals surface area contributed by atoms with Crippen molar-refractivity contribution in [1.29, 1.82) is 0 Å². The number of rotatable bonds is 4. The van der Waals surface area contributed by atoms with Crippen molar-refractivity contribution < 1.29 is 8.42 Å². The maximum absolute atomic E-state index is 11.7. The lowest BCUT2D eigenvalue weighted by Crippen LogP contribution is -2.20. The van der Waals surface area contributed by atoms with Crippen LogP contribution in [0.2, 0.25) is 0 Å². The second-order valence-corrected chi connectivity index (χ2v) is 6.90. The van der Waals surface area contributed by atoms with Crippen molar-refractivity contribution in [3.8, 4) is 11.4 Å². The normalized spacial score (nSPS) is 12.1. The number of hydrogen-bond acceptors (Lipinski definition) is 5. The molecule has 0 unspecified atom stereocenters. The minimum Gasteiger partial charge on any atom is -0.296 e. The van der Waals surface area contributed by atoms with Crippen LogP contribution in [0.1, 0.15) is 25.2 Å². The molecule has 7 nitrogen and oxygen atoms in total. The molecule has 0 aliphatic rings. The fourth-order valence-electron chi connectivity index (χ4n) is 2.15. The Morgan fingerprint density at radius 1 is 1.24 bits per heavy atom. The molecular weight excluding hydrogens is 290 g/mol. The summed E-state index contributed by atoms with van der Waals surface area (Å²) in [5, 5.41) is 12.8. The van der Waals surface area contributed by atoms with E-state index in [1.165, 1.54) is 0 Å². The Kier molecular flexibility index (Phi) is 4.11. The summed E-state index contributed by atoms with van der Waals surface area (Å²) in [4.78, 5) is 4.38. The Bertz CT molecular complexity index is 765. The molecular formula is C13H19N5O2S. The molecule has 2 rings (SSSR count). The van der Waals surface area contributed by atoms with Crippen molar-refractivity contribution >= 4 is 10.0 Å². The molecule has 0 amide bonds. The van der Waals surface area contributed by atoms with Crippen LogP contribution in [-0.4, -0.2) is 28.2 Å². The highest BCUT2D eigenvalue weighted by molar-refractivity contribution is 7.89. The molecule has 0 saturated carbocycles. The number of aryl methyl sites for hydroxylation is 2. The average molecular weight is 309 g/mol. The molecule has 21 heavy (non-hydrogen) atoms. The van der Waals surface area contributed by atoms with E-state index in [4.69, 9.17) is 5.14 Å². The third-order valence-corrected chi connectivity index (χ3v) is 3.80. The summed E-state index contributed by atoms with van der Waals surface area (Å²) in [6, 6.07) is 3.72. The van der Waals surface area contributed by atoms with Gasteiger partial charge in [0.05, 0.1) is 0 Å². The average Bonchev–Trinajstić information content (AvgIpc) is 2.71. The number of primary sulfonamides is 1. The lowest BCUT2D eigenvalue weighted by atomic mass is 10.1. The smallest absolute Gasteiger partial charge is 0.273 e. The predicted molar refractivity (Wildman–Crippen MR) is 78.9 cm³/mol. The van der Waals surface area contributed by atoms with Crippen LogP contribution in [0.4, 0.5) is 0 Å². The van der Waals surface area contributed by atoms with Crippen molar-refractivity contribution in [2.45, 2.75) is 39.4 Å². The van der Waals surface area contributed by atoms with Crippen LogP contribution in [0.25, 0.3) is 11.4 Å². The van der Waals surface area contributed by atoms with Gasteiger partial charge in [-0.05, 0) is 31.9 Å². The van der Waals surface area contributed by atoms with Crippen molar-refractivity contribution in [3.05, 3.63) is 23.5 Å². The molecule has 0 saturated heterocycles. The van der Waals surface area contributed by atoms with Gasteiger partial charge in [-0.3, -0.25) is 9.55 Å². The minimum atomic E-state index is -3.92. The molecule has 0 radical (unpaired) electrons. The Morgan fingerprint density at radius 3 is 2.43 bits per heavy atom. The van der Waals surface area contributed by atoms with Crippen molar-refractivity contribution in [2.24, 2.45) is 11.1 Å². The van der Waals surface area contributed by atoms with E-state index in [1.807, 2.05) is 39.8 Å². The maximum atomic E-state index is 11.7. The van der Waals surface area contributed by atoms with E-state index in [1.54, 1.807) is 4.57 Å². The van der Waals surface area contributed by atoms with E-state index in [2.05, 4.69) is 15.2 Å². The van der Waals surface area contributed by atoms with Crippen LogP contribution in [0.15, 0.2) is 17.3 Å². The molecule has 0 bridgehead atoms. The first-order valence-corrected chi connectivity index (χ1v) is 8.15. The van der Waals surface area contributed by atoms with Crippen LogP contribution in [-0.2, 0) is 16.6 Å². The van der Waals surface area contributed by atoms with Gasteiger partial charge in [0.1, 0.15) is 0 Å². The molecule has 0 aliphatic carbocycles. The quantitative estimate of drug-likeness (QED) is 0.915. The lowest BCUT2D eigenvalue weighted by Gasteiger charge is -2.12. The van der Waals surface area contributed by atoms with Gasteiger partial charge < -0.3 is 0 Å². The van der Waals surface area contributed by atoms with Crippen LogP contribution in [0, 0.1) is 19.8 Å². The molecule has 0 aromatic carbocycles. The van der Waals surface area contributed by atoms with E-state index < -0.39 is 10.0 Å². The molecule has 0 aliphatic heterocycles. The summed E-state index contributed by atoms with van der Waals surface area (Å²) in [6.45, 7) is 8.17. The third kappa shape index (κ3) is 3.27. The molecule has 2 aromatic heterocycles. The molecule has 8 heteroatoms. The zero-order chi connectivity index (χ0) is 15.8. The fourth-order valence-corrected chi connectivity index (χ4v) is 2.77. The van der Waals surface area contributed by atoms with Gasteiger partial charge in [0.2, 0.25) is 0 Å². The first kappa shape index (κ1) is 15.6. The highest BCUT2D eigenvalue weighted by Crippen LogP contribution is 2.23. The molecule has 0 atom stereocenters. The number of nitrogens with two attached hydrogens (primary N) is 1. The second-order valence-electron chi connectivity index (χ2n) is 5.44. The predicted octanol–water partition coefficient (Wildman–Crippen LogP) is 1.26. The monoisotopic (exact) mass is 309 g/mol. The Balaban J connectivity index is 2.66. The SMILES string of the molecule is Cc1ccc(-c2nnc(S(N)(=O)=O)n2CC(C)C)c(C)n1. The highest BCUT2D eigenvalue weighted by atomic mass is 32.2. The van der Waals surface area contributed by atoms with Gasteiger partial charge in [0.15, 0.2) is 5.82 Å². The van der Waals surface area contributed by atoms with Gasteiger partial charge in [0.25, 0.3) is 15.2 Å². The van der Waals surface area contributed by atoms with Gasteiger partial charge in [-0.15, -0.1) is 10.2 Å². The Labute approximate surface area is 124 Å². The van der Waals surface area contributed by atoms with Crippen LogP contribution >= 0.6 is 0 Å². The highest BCUT2D eigenvalue weighted by Gasteiger charge is 2.23. The van der Waals surface area contributed by atoms with Gasteiger partial charge in [-0.2, -0.15) is 0 Å². The molecule has 2 heterocycles. The summed E-state index contributed by atoms with van der Waals surface area (Å²) >= 11 is 0.